The molecule has 2 unspecified atom stereocenters. The molecule has 0 aromatic rings. The molecular formula is C23H39N3O5. The molecule has 31 heavy (non-hydrogen) atoms. The molecule has 3 rings (SSSR count). The number of carbonyl (C=O) groups excluding carboxylic acids is 3. The average molecular weight is 438 g/mol. The number of amides is 3. The van der Waals surface area contributed by atoms with Crippen LogP contribution in [-0.4, -0.2) is 71.2 Å². The lowest BCUT2D eigenvalue weighted by atomic mass is 9.65. The van der Waals surface area contributed by atoms with E-state index in [1.54, 1.807) is 11.9 Å². The Morgan fingerprint density at radius 2 is 1.94 bits per heavy atom. The Labute approximate surface area is 185 Å². The second-order valence-electron chi connectivity index (χ2n) is 9.69. The first-order chi connectivity index (χ1) is 14.7. The Hall–Kier alpha value is -1.67. The van der Waals surface area contributed by atoms with Crippen LogP contribution in [0.2, 0.25) is 0 Å². The highest BCUT2D eigenvalue weighted by atomic mass is 16.5. The van der Waals surface area contributed by atoms with Crippen LogP contribution in [0, 0.1) is 17.8 Å². The molecule has 0 aromatic carbocycles. The van der Waals surface area contributed by atoms with Gasteiger partial charge < -0.3 is 25.4 Å². The van der Waals surface area contributed by atoms with Crippen molar-refractivity contribution in [1.29, 1.82) is 0 Å². The fraction of sp³-hybridized carbons (Fsp3) is 0.870. The van der Waals surface area contributed by atoms with E-state index in [1.165, 1.54) is 0 Å². The van der Waals surface area contributed by atoms with Crippen LogP contribution in [0.15, 0.2) is 0 Å². The monoisotopic (exact) mass is 437 g/mol. The van der Waals surface area contributed by atoms with Gasteiger partial charge >= 0.3 is 0 Å². The smallest absolute Gasteiger partial charge is 0.245 e. The van der Waals surface area contributed by atoms with Crippen molar-refractivity contribution in [2.75, 3.05) is 20.2 Å². The molecule has 3 N–H and O–H groups in total. The van der Waals surface area contributed by atoms with Gasteiger partial charge in [-0.25, -0.2) is 0 Å². The number of aliphatic hydroxyl groups excluding tert-OH is 1. The van der Waals surface area contributed by atoms with Crippen molar-refractivity contribution < 1.29 is 24.2 Å². The Balaban J connectivity index is 2.04. The summed E-state index contributed by atoms with van der Waals surface area (Å²) in [6.07, 6.45) is 4.74. The largest absolute Gasteiger partial charge is 0.394 e. The highest BCUT2D eigenvalue weighted by Crippen LogP contribution is 2.64. The van der Waals surface area contributed by atoms with Gasteiger partial charge in [0.2, 0.25) is 17.7 Å². The van der Waals surface area contributed by atoms with Crippen LogP contribution in [-0.2, 0) is 19.1 Å². The van der Waals surface area contributed by atoms with Gasteiger partial charge in [0.25, 0.3) is 0 Å². The average Bonchev–Trinajstić information content (AvgIpc) is 3.35. The highest BCUT2D eigenvalue weighted by Gasteiger charge is 2.79. The topological polar surface area (TPSA) is 108 Å². The van der Waals surface area contributed by atoms with Crippen molar-refractivity contribution in [2.24, 2.45) is 17.8 Å². The molecule has 0 saturated carbocycles. The van der Waals surface area contributed by atoms with Gasteiger partial charge in [-0.2, -0.15) is 0 Å². The number of ether oxygens (including phenoxy) is 1. The quantitative estimate of drug-likeness (QED) is 0.445. The van der Waals surface area contributed by atoms with Crippen LogP contribution in [0.25, 0.3) is 0 Å². The lowest BCUT2D eigenvalue weighted by Gasteiger charge is -2.38. The standard InChI is InChI=1S/C23H39N3O5/c1-6-8-9-12-25-20(29)18-23-11-10-22(7-2,31-23)16(19(28)24-5)17(23)21(30)26(18)15(13-27)14(3)4/h14-18,27H,6-13H2,1-5H3,(H,24,28)(H,25,29)/t15-,16-,17-,18?,22+,23?/m0/s1. The van der Waals surface area contributed by atoms with Crippen molar-refractivity contribution in [3.63, 3.8) is 0 Å². The van der Waals surface area contributed by atoms with Gasteiger partial charge in [-0.15, -0.1) is 0 Å². The summed E-state index contributed by atoms with van der Waals surface area (Å²) in [6, 6.07) is -1.35. The van der Waals surface area contributed by atoms with E-state index in [-0.39, 0.29) is 30.2 Å². The van der Waals surface area contributed by atoms with E-state index in [0.29, 0.717) is 25.8 Å². The van der Waals surface area contributed by atoms with Gasteiger partial charge in [-0.1, -0.05) is 40.5 Å². The predicted molar refractivity (Wildman–Crippen MR) is 116 cm³/mol. The third-order valence-corrected chi connectivity index (χ3v) is 7.79. The molecule has 6 atom stereocenters. The number of hydrogen-bond donors (Lipinski definition) is 3. The Morgan fingerprint density at radius 3 is 2.48 bits per heavy atom. The van der Waals surface area contributed by atoms with E-state index in [4.69, 9.17) is 4.74 Å². The Morgan fingerprint density at radius 1 is 1.23 bits per heavy atom. The molecule has 8 nitrogen and oxygen atoms in total. The maximum absolute atomic E-state index is 13.8. The van der Waals surface area contributed by atoms with Crippen molar-refractivity contribution in [3.05, 3.63) is 0 Å². The molecule has 176 valence electrons. The zero-order valence-electron chi connectivity index (χ0n) is 19.6. The molecular weight excluding hydrogens is 398 g/mol. The summed E-state index contributed by atoms with van der Waals surface area (Å²) in [5.41, 5.74) is -1.75. The van der Waals surface area contributed by atoms with E-state index in [0.717, 1.165) is 19.3 Å². The van der Waals surface area contributed by atoms with Gasteiger partial charge in [-0.05, 0) is 31.6 Å². The van der Waals surface area contributed by atoms with Crippen LogP contribution >= 0.6 is 0 Å². The Bertz CT molecular complexity index is 713. The van der Waals surface area contributed by atoms with Crippen molar-refractivity contribution >= 4 is 17.7 Å². The summed E-state index contributed by atoms with van der Waals surface area (Å²) in [6.45, 7) is 8.23. The Kier molecular flexibility index (Phi) is 7.01. The number of rotatable bonds is 10. The summed E-state index contributed by atoms with van der Waals surface area (Å²) in [5, 5.41) is 15.8. The maximum atomic E-state index is 13.8. The molecule has 8 heteroatoms. The second kappa shape index (κ2) is 9.06. The molecule has 3 amide bonds. The van der Waals surface area contributed by atoms with E-state index in [2.05, 4.69) is 17.6 Å². The fourth-order valence-electron chi connectivity index (χ4n) is 6.17. The summed E-state index contributed by atoms with van der Waals surface area (Å²) >= 11 is 0. The van der Waals surface area contributed by atoms with E-state index >= 15 is 0 Å². The fourth-order valence-corrected chi connectivity index (χ4v) is 6.17. The first-order valence-electron chi connectivity index (χ1n) is 11.9. The number of carbonyl (C=O) groups is 3. The van der Waals surface area contributed by atoms with Gasteiger partial charge in [0.1, 0.15) is 11.6 Å². The van der Waals surface area contributed by atoms with Crippen LogP contribution < -0.4 is 10.6 Å². The van der Waals surface area contributed by atoms with Crippen LogP contribution in [0.1, 0.15) is 66.2 Å². The minimum atomic E-state index is -1.03. The van der Waals surface area contributed by atoms with Gasteiger partial charge in [0.15, 0.2) is 0 Å². The molecule has 1 spiro atoms. The van der Waals surface area contributed by atoms with Gasteiger partial charge in [0.05, 0.1) is 30.1 Å². The molecule has 3 aliphatic rings. The van der Waals surface area contributed by atoms with E-state index in [9.17, 15) is 19.5 Å². The highest BCUT2D eigenvalue weighted by molar-refractivity contribution is 5.99. The van der Waals surface area contributed by atoms with E-state index in [1.807, 2.05) is 20.8 Å². The van der Waals surface area contributed by atoms with Crippen LogP contribution in [0.4, 0.5) is 0 Å². The first-order valence-corrected chi connectivity index (χ1v) is 11.9. The summed E-state index contributed by atoms with van der Waals surface area (Å²) in [5.74, 6) is -2.08. The second-order valence-corrected chi connectivity index (χ2v) is 9.69. The molecule has 2 bridgehead atoms. The maximum Gasteiger partial charge on any atom is 0.245 e. The third-order valence-electron chi connectivity index (χ3n) is 7.79. The molecule has 3 aliphatic heterocycles. The lowest BCUT2D eigenvalue weighted by molar-refractivity contribution is -0.152. The zero-order valence-corrected chi connectivity index (χ0v) is 19.6. The number of likely N-dealkylation sites (tertiary alicyclic amines) is 1. The summed E-state index contributed by atoms with van der Waals surface area (Å²) < 4.78 is 6.63. The minimum Gasteiger partial charge on any atom is -0.394 e. The van der Waals surface area contributed by atoms with E-state index < -0.39 is 35.1 Å². The van der Waals surface area contributed by atoms with Crippen molar-refractivity contribution in [2.45, 2.75) is 89.5 Å². The van der Waals surface area contributed by atoms with Crippen molar-refractivity contribution in [1.82, 2.24) is 15.5 Å². The minimum absolute atomic E-state index is 0.0460. The number of fused-ring (bicyclic) bond motifs is 1. The predicted octanol–water partition coefficient (Wildman–Crippen LogP) is 1.21. The number of nitrogens with zero attached hydrogens (tertiary/aromatic N) is 1. The normalized spacial score (nSPS) is 34.9. The lowest BCUT2D eigenvalue weighted by Crippen LogP contribution is -2.59. The van der Waals surface area contributed by atoms with Crippen LogP contribution in [0.5, 0.6) is 0 Å². The van der Waals surface area contributed by atoms with Crippen LogP contribution in [0.3, 0.4) is 0 Å². The SMILES string of the molecule is CCCCCNC(=O)C1N([C@@H](CO)C(C)C)C(=O)[C@@H]2[C@@H](C(=O)NC)[C@@]3(CC)CCC12O3. The molecule has 3 fully saturated rings. The number of unbranched alkanes of at least 4 members (excludes halogenated alkanes) is 2. The zero-order chi connectivity index (χ0) is 23.0. The molecule has 0 aromatic heterocycles. The molecule has 3 saturated heterocycles. The first kappa shape index (κ1) is 24.0. The van der Waals surface area contributed by atoms with Gasteiger partial charge in [-0.3, -0.25) is 14.4 Å². The number of nitrogens with one attached hydrogen (secondary N) is 2. The van der Waals surface area contributed by atoms with Crippen molar-refractivity contribution in [3.8, 4) is 0 Å². The molecule has 0 aliphatic carbocycles. The third kappa shape index (κ3) is 3.55. The summed E-state index contributed by atoms with van der Waals surface area (Å²) in [7, 11) is 1.57. The molecule has 0 radical (unpaired) electrons. The number of hydrogen-bond acceptors (Lipinski definition) is 5. The van der Waals surface area contributed by atoms with Gasteiger partial charge in [0, 0.05) is 13.6 Å². The number of aliphatic hydroxyl groups is 1. The summed E-state index contributed by atoms with van der Waals surface area (Å²) in [4.78, 5) is 41.8. The molecule has 3 heterocycles.